The molecule has 0 radical (unpaired) electrons. The predicted molar refractivity (Wildman–Crippen MR) is 52.6 cm³/mol. The maximum Gasteiger partial charge on any atom is 0.404 e. The Hall–Kier alpha value is -2.11. The van der Waals surface area contributed by atoms with Crippen LogP contribution in [0.5, 0.6) is 0 Å². The molecule has 2 heterocycles. The number of fused-ring (bicyclic) bond motifs is 1. The van der Waals surface area contributed by atoms with Crippen molar-refractivity contribution in [3.05, 3.63) is 29.7 Å². The lowest BCUT2D eigenvalue weighted by Crippen LogP contribution is -2.19. The maximum atomic E-state index is 10.3. The molecule has 2 rings (SSSR count). The second-order valence-electron chi connectivity index (χ2n) is 3.17. The highest BCUT2D eigenvalue weighted by Gasteiger charge is 2.02. The summed E-state index contributed by atoms with van der Waals surface area (Å²) < 4.78 is 1.84. The maximum absolute atomic E-state index is 10.3. The van der Waals surface area contributed by atoms with E-state index in [0.717, 1.165) is 17.0 Å². The highest BCUT2D eigenvalue weighted by Crippen LogP contribution is 2.06. The molecule has 0 aliphatic carbocycles. The molecule has 1 amide bonds. The quantitative estimate of drug-likeness (QED) is 0.761. The van der Waals surface area contributed by atoms with E-state index in [-0.39, 0.29) is 6.54 Å². The zero-order valence-corrected chi connectivity index (χ0v) is 8.14. The Balaban J connectivity index is 2.27. The second kappa shape index (κ2) is 3.56. The summed E-state index contributed by atoms with van der Waals surface area (Å²) in [4.78, 5) is 10.3. The molecule has 0 spiro atoms. The first-order valence-corrected chi connectivity index (χ1v) is 4.44. The van der Waals surface area contributed by atoms with Crippen molar-refractivity contribution in [2.45, 2.75) is 13.5 Å². The van der Waals surface area contributed by atoms with Crippen LogP contribution >= 0.6 is 0 Å². The molecule has 0 bridgehead atoms. The first-order chi connectivity index (χ1) is 7.16. The number of nitrogens with one attached hydrogen (secondary N) is 1. The summed E-state index contributed by atoms with van der Waals surface area (Å²) >= 11 is 0. The van der Waals surface area contributed by atoms with E-state index < -0.39 is 6.09 Å². The monoisotopic (exact) mass is 206 g/mol. The molecule has 6 nitrogen and oxygen atoms in total. The highest BCUT2D eigenvalue weighted by atomic mass is 16.4. The van der Waals surface area contributed by atoms with Crippen molar-refractivity contribution < 1.29 is 9.90 Å². The van der Waals surface area contributed by atoms with Gasteiger partial charge >= 0.3 is 6.09 Å². The third-order valence-corrected chi connectivity index (χ3v) is 2.09. The number of carbonyl (C=O) groups is 1. The van der Waals surface area contributed by atoms with Gasteiger partial charge in [-0.2, -0.15) is 0 Å². The van der Waals surface area contributed by atoms with Crippen molar-refractivity contribution in [2.24, 2.45) is 0 Å². The Kier molecular flexibility index (Phi) is 2.24. The first kappa shape index (κ1) is 9.45. The van der Waals surface area contributed by atoms with Gasteiger partial charge in [0.05, 0.1) is 0 Å². The van der Waals surface area contributed by atoms with E-state index in [9.17, 15) is 4.79 Å². The minimum atomic E-state index is -1.03. The van der Waals surface area contributed by atoms with Crippen LogP contribution in [0.15, 0.2) is 18.3 Å². The molecule has 2 aromatic heterocycles. The van der Waals surface area contributed by atoms with Crippen LogP contribution in [0, 0.1) is 6.92 Å². The zero-order chi connectivity index (χ0) is 10.8. The SMILES string of the molecule is Cc1nnc2cc(CNC(=O)O)ccn12. The van der Waals surface area contributed by atoms with Gasteiger partial charge in [0, 0.05) is 12.7 Å². The molecule has 2 aromatic rings. The van der Waals surface area contributed by atoms with Crippen molar-refractivity contribution in [1.82, 2.24) is 19.9 Å². The van der Waals surface area contributed by atoms with Crippen LogP contribution in [-0.2, 0) is 6.54 Å². The van der Waals surface area contributed by atoms with Gasteiger partial charge in [0.15, 0.2) is 5.65 Å². The summed E-state index contributed by atoms with van der Waals surface area (Å²) in [5.74, 6) is 0.808. The van der Waals surface area contributed by atoms with Crippen LogP contribution in [0.25, 0.3) is 5.65 Å². The standard InChI is InChI=1S/C9H10N4O2/c1-6-11-12-8-4-7(2-3-13(6)8)5-10-9(14)15/h2-4,10H,5H2,1H3,(H,14,15). The lowest BCUT2D eigenvalue weighted by molar-refractivity contribution is 0.194. The first-order valence-electron chi connectivity index (χ1n) is 4.44. The topological polar surface area (TPSA) is 79.5 Å². The number of amides is 1. The van der Waals surface area contributed by atoms with Gasteiger partial charge in [-0.1, -0.05) is 0 Å². The molecule has 78 valence electrons. The Bertz CT molecular complexity index is 506. The van der Waals surface area contributed by atoms with E-state index >= 15 is 0 Å². The van der Waals surface area contributed by atoms with E-state index in [1.165, 1.54) is 0 Å². The average molecular weight is 206 g/mol. The fourth-order valence-electron chi connectivity index (χ4n) is 1.34. The number of pyridine rings is 1. The summed E-state index contributed by atoms with van der Waals surface area (Å²) in [7, 11) is 0. The Labute approximate surface area is 85.6 Å². The van der Waals surface area contributed by atoms with Crippen LogP contribution in [-0.4, -0.2) is 25.8 Å². The molecule has 0 atom stereocenters. The molecule has 0 unspecified atom stereocenters. The van der Waals surface area contributed by atoms with Gasteiger partial charge in [-0.05, 0) is 24.6 Å². The molecule has 15 heavy (non-hydrogen) atoms. The summed E-state index contributed by atoms with van der Waals surface area (Å²) in [6, 6.07) is 3.63. The number of nitrogens with zero attached hydrogens (tertiary/aromatic N) is 3. The summed E-state index contributed by atoms with van der Waals surface area (Å²) in [6.07, 6.45) is 0.788. The zero-order valence-electron chi connectivity index (χ0n) is 8.14. The van der Waals surface area contributed by atoms with Crippen LogP contribution in [0.2, 0.25) is 0 Å². The van der Waals surface area contributed by atoms with Crippen molar-refractivity contribution in [3.8, 4) is 0 Å². The highest BCUT2D eigenvalue weighted by molar-refractivity contribution is 5.64. The minimum absolute atomic E-state index is 0.276. The smallest absolute Gasteiger partial charge is 0.404 e. The number of rotatable bonds is 2. The average Bonchev–Trinajstić information content (AvgIpc) is 2.57. The summed E-state index contributed by atoms with van der Waals surface area (Å²) in [5, 5.41) is 18.6. The van der Waals surface area contributed by atoms with E-state index in [2.05, 4.69) is 15.5 Å². The van der Waals surface area contributed by atoms with E-state index in [1.807, 2.05) is 23.6 Å². The van der Waals surface area contributed by atoms with Crippen molar-refractivity contribution >= 4 is 11.7 Å². The normalized spacial score (nSPS) is 10.5. The minimum Gasteiger partial charge on any atom is -0.465 e. The van der Waals surface area contributed by atoms with Crippen LogP contribution in [0.3, 0.4) is 0 Å². The van der Waals surface area contributed by atoms with Gasteiger partial charge in [-0.25, -0.2) is 4.79 Å². The molecule has 0 aliphatic rings. The van der Waals surface area contributed by atoms with Crippen molar-refractivity contribution in [2.75, 3.05) is 0 Å². The molecule has 0 aromatic carbocycles. The van der Waals surface area contributed by atoms with Crippen molar-refractivity contribution in [1.29, 1.82) is 0 Å². The molecular weight excluding hydrogens is 196 g/mol. The van der Waals surface area contributed by atoms with Gasteiger partial charge in [-0.3, -0.25) is 4.40 Å². The fraction of sp³-hybridized carbons (Fsp3) is 0.222. The number of carboxylic acid groups (broad SMARTS) is 1. The third-order valence-electron chi connectivity index (χ3n) is 2.09. The third kappa shape index (κ3) is 1.88. The Morgan fingerprint density at radius 3 is 3.13 bits per heavy atom. The predicted octanol–water partition coefficient (Wildman–Crippen LogP) is 0.805. The molecule has 0 saturated heterocycles. The van der Waals surface area contributed by atoms with Gasteiger partial charge in [-0.15, -0.1) is 10.2 Å². The van der Waals surface area contributed by atoms with Crippen LogP contribution in [0.4, 0.5) is 4.79 Å². The summed E-state index contributed by atoms with van der Waals surface area (Å²) in [6.45, 7) is 2.13. The molecular formula is C9H10N4O2. The number of aromatic nitrogens is 3. The van der Waals surface area contributed by atoms with Gasteiger partial charge < -0.3 is 10.4 Å². The van der Waals surface area contributed by atoms with E-state index in [0.29, 0.717) is 0 Å². The van der Waals surface area contributed by atoms with Gasteiger partial charge in [0.1, 0.15) is 5.82 Å². The molecule has 0 fully saturated rings. The summed E-state index contributed by atoms with van der Waals surface area (Å²) in [5.41, 5.74) is 1.58. The fourth-order valence-corrected chi connectivity index (χ4v) is 1.34. The Morgan fingerprint density at radius 1 is 1.60 bits per heavy atom. The van der Waals surface area contributed by atoms with Crippen molar-refractivity contribution in [3.63, 3.8) is 0 Å². The number of aryl methyl sites for hydroxylation is 1. The largest absolute Gasteiger partial charge is 0.465 e. The Morgan fingerprint density at radius 2 is 2.40 bits per heavy atom. The number of hydrogen-bond donors (Lipinski definition) is 2. The second-order valence-corrected chi connectivity index (χ2v) is 3.17. The molecule has 0 aliphatic heterocycles. The van der Waals surface area contributed by atoms with Gasteiger partial charge in [0.25, 0.3) is 0 Å². The molecule has 2 N–H and O–H groups in total. The van der Waals surface area contributed by atoms with E-state index in [4.69, 9.17) is 5.11 Å². The van der Waals surface area contributed by atoms with Crippen LogP contribution in [0.1, 0.15) is 11.4 Å². The molecule has 6 heteroatoms. The van der Waals surface area contributed by atoms with E-state index in [1.54, 1.807) is 6.07 Å². The molecule has 0 saturated carbocycles. The van der Waals surface area contributed by atoms with Gasteiger partial charge in [0.2, 0.25) is 0 Å². The lowest BCUT2D eigenvalue weighted by atomic mass is 10.2. The number of hydrogen-bond acceptors (Lipinski definition) is 3. The lowest BCUT2D eigenvalue weighted by Gasteiger charge is -2.01. The van der Waals surface area contributed by atoms with Crippen LogP contribution < -0.4 is 5.32 Å².